The van der Waals surface area contributed by atoms with Crippen molar-refractivity contribution in [2.75, 3.05) is 31.0 Å². The summed E-state index contributed by atoms with van der Waals surface area (Å²) in [4.78, 5) is 0. The summed E-state index contributed by atoms with van der Waals surface area (Å²) in [6, 6.07) is 4.01. The molecule has 0 atom stereocenters. The number of aryl methyl sites for hydroxylation is 1. The second-order valence-corrected chi connectivity index (χ2v) is 4.16. The average Bonchev–Trinajstić information content (AvgIpc) is 2.30. The van der Waals surface area contributed by atoms with Crippen LogP contribution in [0.25, 0.3) is 0 Å². The third kappa shape index (κ3) is 2.53. The number of nitrogens with one attached hydrogen (secondary N) is 1. The molecule has 1 aromatic carbocycles. The predicted octanol–water partition coefficient (Wildman–Crippen LogP) is 2.81. The topological polar surface area (TPSA) is 30.5 Å². The van der Waals surface area contributed by atoms with Gasteiger partial charge in [-0.25, -0.2) is 0 Å². The second kappa shape index (κ2) is 5.30. The highest BCUT2D eigenvalue weighted by molar-refractivity contribution is 6.17. The summed E-state index contributed by atoms with van der Waals surface area (Å²) >= 11 is 5.64. The molecule has 0 bridgehead atoms. The zero-order valence-electron chi connectivity index (χ0n) is 9.38. The van der Waals surface area contributed by atoms with Crippen LogP contribution in [-0.2, 0) is 0 Å². The summed E-state index contributed by atoms with van der Waals surface area (Å²) in [5, 5.41) is 3.34. The Bertz CT molecular complexity index is 368. The summed E-state index contributed by atoms with van der Waals surface area (Å²) < 4.78 is 11.0. The molecule has 1 heterocycles. The van der Waals surface area contributed by atoms with E-state index in [9.17, 15) is 0 Å². The van der Waals surface area contributed by atoms with E-state index in [-0.39, 0.29) is 0 Å². The smallest absolute Gasteiger partial charge is 0.163 e. The number of halogens is 1. The molecule has 1 aliphatic heterocycles. The molecule has 0 saturated carbocycles. The number of ether oxygens (including phenoxy) is 2. The van der Waals surface area contributed by atoms with Crippen molar-refractivity contribution >= 4 is 17.3 Å². The molecule has 0 unspecified atom stereocenters. The van der Waals surface area contributed by atoms with Crippen molar-refractivity contribution in [3.05, 3.63) is 17.7 Å². The monoisotopic (exact) mass is 241 g/mol. The van der Waals surface area contributed by atoms with Gasteiger partial charge in [0.25, 0.3) is 0 Å². The Balaban J connectivity index is 2.12. The first-order valence-electron chi connectivity index (χ1n) is 5.51. The average molecular weight is 242 g/mol. The first-order valence-corrected chi connectivity index (χ1v) is 6.05. The Morgan fingerprint density at radius 1 is 1.25 bits per heavy atom. The summed E-state index contributed by atoms with van der Waals surface area (Å²) in [6.07, 6.45) is 0.954. The molecule has 0 amide bonds. The van der Waals surface area contributed by atoms with Gasteiger partial charge in [-0.15, -0.1) is 11.6 Å². The van der Waals surface area contributed by atoms with Gasteiger partial charge in [0.05, 0.1) is 0 Å². The van der Waals surface area contributed by atoms with Gasteiger partial charge < -0.3 is 14.8 Å². The van der Waals surface area contributed by atoms with Crippen LogP contribution in [0.5, 0.6) is 11.5 Å². The van der Waals surface area contributed by atoms with E-state index in [0.717, 1.165) is 30.2 Å². The molecule has 3 nitrogen and oxygen atoms in total. The predicted molar refractivity (Wildman–Crippen MR) is 66.0 cm³/mol. The third-order valence-corrected chi connectivity index (χ3v) is 2.78. The zero-order valence-corrected chi connectivity index (χ0v) is 10.1. The van der Waals surface area contributed by atoms with Gasteiger partial charge in [0.15, 0.2) is 11.5 Å². The summed E-state index contributed by atoms with van der Waals surface area (Å²) in [6.45, 7) is 4.19. The minimum absolute atomic E-state index is 0.622. The van der Waals surface area contributed by atoms with Gasteiger partial charge in [0, 0.05) is 24.2 Å². The number of benzene rings is 1. The fourth-order valence-electron chi connectivity index (χ4n) is 1.67. The quantitative estimate of drug-likeness (QED) is 0.650. The van der Waals surface area contributed by atoms with Crippen LogP contribution in [0.2, 0.25) is 0 Å². The molecule has 1 aliphatic rings. The van der Waals surface area contributed by atoms with Crippen molar-refractivity contribution < 1.29 is 9.47 Å². The lowest BCUT2D eigenvalue weighted by Gasteiger charge is -2.20. The Morgan fingerprint density at radius 3 is 2.62 bits per heavy atom. The van der Waals surface area contributed by atoms with Crippen molar-refractivity contribution in [1.29, 1.82) is 0 Å². The van der Waals surface area contributed by atoms with Gasteiger partial charge in [0.1, 0.15) is 13.2 Å². The second-order valence-electron chi connectivity index (χ2n) is 3.78. The fraction of sp³-hybridized carbons (Fsp3) is 0.500. The van der Waals surface area contributed by atoms with Crippen LogP contribution in [0.15, 0.2) is 12.1 Å². The van der Waals surface area contributed by atoms with Crippen molar-refractivity contribution in [3.8, 4) is 11.5 Å². The molecule has 88 valence electrons. The molecule has 1 N–H and O–H groups in total. The van der Waals surface area contributed by atoms with Gasteiger partial charge in [-0.05, 0) is 25.0 Å². The van der Waals surface area contributed by atoms with E-state index >= 15 is 0 Å². The minimum Gasteiger partial charge on any atom is -0.486 e. The fourth-order valence-corrected chi connectivity index (χ4v) is 1.80. The third-order valence-electron chi connectivity index (χ3n) is 2.52. The number of hydrogen-bond donors (Lipinski definition) is 1. The van der Waals surface area contributed by atoms with Gasteiger partial charge in [0.2, 0.25) is 0 Å². The summed E-state index contributed by atoms with van der Waals surface area (Å²) in [5.74, 6) is 2.34. The standard InChI is InChI=1S/C12H16ClNO2/c1-9-7-11-12(16-6-5-15-11)8-10(9)14-4-2-3-13/h7-8,14H,2-6H2,1H3. The van der Waals surface area contributed by atoms with Crippen LogP contribution >= 0.6 is 11.6 Å². The molecular formula is C12H16ClNO2. The first kappa shape index (κ1) is 11.4. The van der Waals surface area contributed by atoms with Crippen LogP contribution in [0, 0.1) is 6.92 Å². The number of anilines is 1. The Morgan fingerprint density at radius 2 is 1.94 bits per heavy atom. The molecule has 4 heteroatoms. The van der Waals surface area contributed by atoms with Crippen molar-refractivity contribution in [1.82, 2.24) is 0 Å². The van der Waals surface area contributed by atoms with Gasteiger partial charge in [-0.3, -0.25) is 0 Å². The molecule has 0 radical (unpaired) electrons. The van der Waals surface area contributed by atoms with Crippen LogP contribution in [0.1, 0.15) is 12.0 Å². The van der Waals surface area contributed by atoms with E-state index in [1.807, 2.05) is 12.1 Å². The highest BCUT2D eigenvalue weighted by Gasteiger charge is 2.13. The SMILES string of the molecule is Cc1cc2c(cc1NCCCCl)OCCO2. The first-order chi connectivity index (χ1) is 7.81. The molecule has 1 aromatic rings. The van der Waals surface area contributed by atoms with Gasteiger partial charge in [-0.1, -0.05) is 0 Å². The molecule has 0 aromatic heterocycles. The highest BCUT2D eigenvalue weighted by atomic mass is 35.5. The molecule has 16 heavy (non-hydrogen) atoms. The molecule has 2 rings (SSSR count). The van der Waals surface area contributed by atoms with E-state index < -0.39 is 0 Å². The summed E-state index contributed by atoms with van der Waals surface area (Å²) in [7, 11) is 0. The maximum absolute atomic E-state index is 5.64. The van der Waals surface area contributed by atoms with Crippen molar-refractivity contribution in [2.45, 2.75) is 13.3 Å². The molecular weight excluding hydrogens is 226 g/mol. The van der Waals surface area contributed by atoms with Gasteiger partial charge >= 0.3 is 0 Å². The lowest BCUT2D eigenvalue weighted by atomic mass is 10.1. The van der Waals surface area contributed by atoms with Crippen molar-refractivity contribution in [2.24, 2.45) is 0 Å². The normalized spacial score (nSPS) is 13.6. The van der Waals surface area contributed by atoms with Crippen LogP contribution in [0.3, 0.4) is 0 Å². The van der Waals surface area contributed by atoms with Gasteiger partial charge in [-0.2, -0.15) is 0 Å². The van der Waals surface area contributed by atoms with Crippen molar-refractivity contribution in [3.63, 3.8) is 0 Å². The molecule has 0 saturated heterocycles. The minimum atomic E-state index is 0.622. The highest BCUT2D eigenvalue weighted by Crippen LogP contribution is 2.35. The number of rotatable bonds is 4. The van der Waals surface area contributed by atoms with E-state index in [0.29, 0.717) is 19.1 Å². The molecule has 0 aliphatic carbocycles. The van der Waals surface area contributed by atoms with E-state index in [1.165, 1.54) is 5.56 Å². The van der Waals surface area contributed by atoms with E-state index in [1.54, 1.807) is 0 Å². The number of hydrogen-bond acceptors (Lipinski definition) is 3. The summed E-state index contributed by atoms with van der Waals surface area (Å²) in [5.41, 5.74) is 2.26. The van der Waals surface area contributed by atoms with E-state index in [2.05, 4.69) is 12.2 Å². The molecule has 0 fully saturated rings. The number of fused-ring (bicyclic) bond motifs is 1. The number of alkyl halides is 1. The maximum atomic E-state index is 5.64. The Labute approximate surface area is 101 Å². The largest absolute Gasteiger partial charge is 0.486 e. The van der Waals surface area contributed by atoms with E-state index in [4.69, 9.17) is 21.1 Å². The van der Waals surface area contributed by atoms with Crippen LogP contribution in [0.4, 0.5) is 5.69 Å². The lowest BCUT2D eigenvalue weighted by molar-refractivity contribution is 0.171. The lowest BCUT2D eigenvalue weighted by Crippen LogP contribution is -2.16. The van der Waals surface area contributed by atoms with Crippen LogP contribution in [-0.4, -0.2) is 25.6 Å². The zero-order chi connectivity index (χ0) is 11.4. The maximum Gasteiger partial charge on any atom is 0.163 e. The van der Waals surface area contributed by atoms with Crippen LogP contribution < -0.4 is 14.8 Å². The Kier molecular flexibility index (Phi) is 3.78. The molecule has 0 spiro atoms. The Hall–Kier alpha value is -1.09.